The van der Waals surface area contributed by atoms with Crippen LogP contribution in [0, 0.1) is 10.1 Å². The number of Topliss-reactive ketones (excluding diaryl/α,β-unsaturated/α-hetero) is 1. The van der Waals surface area contributed by atoms with Crippen molar-refractivity contribution >= 4 is 49.7 Å². The number of nitro benzene ring substituents is 1. The molecule has 0 atom stereocenters. The van der Waals surface area contributed by atoms with Crippen molar-refractivity contribution in [1.29, 1.82) is 0 Å². The molecule has 25 heavy (non-hydrogen) atoms. The number of para-hydroxylation sites is 1. The number of thiazole rings is 1. The summed E-state index contributed by atoms with van der Waals surface area (Å²) in [5, 5.41) is 20.3. The molecule has 4 aromatic rings. The molecule has 2 heterocycles. The second kappa shape index (κ2) is 5.94. The van der Waals surface area contributed by atoms with Crippen LogP contribution >= 0.6 is 23.1 Å². The molecular weight excluding hydrogens is 360 g/mol. The van der Waals surface area contributed by atoms with Crippen LogP contribution in [-0.2, 0) is 0 Å². The summed E-state index contributed by atoms with van der Waals surface area (Å²) >= 11 is 2.67. The topological polar surface area (TPSA) is 90.4 Å². The van der Waals surface area contributed by atoms with Gasteiger partial charge in [-0.2, -0.15) is 0 Å². The summed E-state index contributed by atoms with van der Waals surface area (Å²) in [5.41, 5.74) is 1.15. The van der Waals surface area contributed by atoms with Gasteiger partial charge >= 0.3 is 0 Å². The minimum Gasteiger partial charge on any atom is -0.295 e. The number of rotatable bonds is 4. The van der Waals surface area contributed by atoms with Gasteiger partial charge in [0.2, 0.25) is 10.1 Å². The van der Waals surface area contributed by atoms with E-state index in [2.05, 4.69) is 10.2 Å². The smallest absolute Gasteiger partial charge is 0.284 e. The third-order valence-corrected chi connectivity index (χ3v) is 5.70. The normalized spacial score (nSPS) is 11.2. The SMILES string of the molecule is CC(=O)c1ccc(Sc2nnc3sc4ccccc4n23)c([N+](=O)[O-])c1. The van der Waals surface area contributed by atoms with Gasteiger partial charge in [0.1, 0.15) is 0 Å². The minimum atomic E-state index is -0.487. The third-order valence-electron chi connectivity index (χ3n) is 3.67. The maximum atomic E-state index is 11.5. The van der Waals surface area contributed by atoms with Crippen molar-refractivity contribution in [1.82, 2.24) is 14.6 Å². The summed E-state index contributed by atoms with van der Waals surface area (Å²) in [6.07, 6.45) is 0. The molecular formula is C16H10N4O3S2. The highest BCUT2D eigenvalue weighted by Gasteiger charge is 2.20. The first-order chi connectivity index (χ1) is 12.0. The van der Waals surface area contributed by atoms with Crippen molar-refractivity contribution < 1.29 is 9.72 Å². The lowest BCUT2D eigenvalue weighted by molar-refractivity contribution is -0.387. The van der Waals surface area contributed by atoms with Crippen LogP contribution in [0.15, 0.2) is 52.5 Å². The number of aromatic nitrogens is 3. The number of hydrogen-bond acceptors (Lipinski definition) is 7. The number of carbonyl (C=O) groups is 1. The quantitative estimate of drug-likeness (QED) is 0.304. The monoisotopic (exact) mass is 370 g/mol. The average molecular weight is 370 g/mol. The number of carbonyl (C=O) groups excluding carboxylic acids is 1. The van der Waals surface area contributed by atoms with E-state index in [1.54, 1.807) is 12.1 Å². The van der Waals surface area contributed by atoms with Gasteiger partial charge in [0.05, 0.1) is 20.0 Å². The molecule has 0 spiro atoms. The van der Waals surface area contributed by atoms with E-state index in [0.29, 0.717) is 15.6 Å². The number of fused-ring (bicyclic) bond motifs is 3. The van der Waals surface area contributed by atoms with Crippen molar-refractivity contribution in [3.05, 3.63) is 58.1 Å². The van der Waals surface area contributed by atoms with Crippen LogP contribution in [0.25, 0.3) is 15.2 Å². The van der Waals surface area contributed by atoms with E-state index in [0.717, 1.165) is 26.9 Å². The van der Waals surface area contributed by atoms with E-state index in [-0.39, 0.29) is 11.5 Å². The highest BCUT2D eigenvalue weighted by molar-refractivity contribution is 7.99. The molecule has 2 aromatic heterocycles. The van der Waals surface area contributed by atoms with E-state index < -0.39 is 4.92 Å². The molecule has 0 amide bonds. The van der Waals surface area contributed by atoms with Gasteiger partial charge in [-0.3, -0.25) is 19.3 Å². The van der Waals surface area contributed by atoms with Crippen molar-refractivity contribution in [3.8, 4) is 0 Å². The van der Waals surface area contributed by atoms with E-state index in [1.807, 2.05) is 28.7 Å². The zero-order valence-corrected chi connectivity index (χ0v) is 14.5. The van der Waals surface area contributed by atoms with Gasteiger partial charge in [-0.05, 0) is 43.0 Å². The van der Waals surface area contributed by atoms with Crippen LogP contribution in [0.2, 0.25) is 0 Å². The van der Waals surface area contributed by atoms with Crippen LogP contribution in [0.1, 0.15) is 17.3 Å². The first kappa shape index (κ1) is 15.7. The van der Waals surface area contributed by atoms with E-state index >= 15 is 0 Å². The molecule has 0 unspecified atom stereocenters. The van der Waals surface area contributed by atoms with Gasteiger partial charge in [0.25, 0.3) is 5.69 Å². The predicted octanol–water partition coefficient (Wildman–Crippen LogP) is 4.21. The molecule has 2 aromatic carbocycles. The number of nitrogens with zero attached hydrogens (tertiary/aromatic N) is 4. The average Bonchev–Trinajstić information content (AvgIpc) is 3.14. The molecule has 0 aliphatic heterocycles. The van der Waals surface area contributed by atoms with Gasteiger partial charge in [-0.25, -0.2) is 0 Å². The Morgan fingerprint density at radius 1 is 1.24 bits per heavy atom. The molecule has 0 saturated heterocycles. The molecule has 7 nitrogen and oxygen atoms in total. The molecule has 4 rings (SSSR count). The van der Waals surface area contributed by atoms with Gasteiger partial charge in [0.15, 0.2) is 5.78 Å². The molecule has 0 fully saturated rings. The standard InChI is InChI=1S/C16H10N4O3S2/c1-9(21)10-6-7-14(12(8-10)20(22)23)25-16-18-17-15-19(16)11-4-2-3-5-13(11)24-15/h2-8H,1H3. The Bertz CT molecular complexity index is 1150. The summed E-state index contributed by atoms with van der Waals surface area (Å²) < 4.78 is 2.95. The van der Waals surface area contributed by atoms with Crippen molar-refractivity contribution in [3.63, 3.8) is 0 Å². The minimum absolute atomic E-state index is 0.117. The lowest BCUT2D eigenvalue weighted by Gasteiger charge is -2.03. The second-order valence-corrected chi connectivity index (χ2v) is 7.29. The Morgan fingerprint density at radius 2 is 2.04 bits per heavy atom. The number of nitro groups is 1. The number of hydrogen-bond donors (Lipinski definition) is 0. The fourth-order valence-electron chi connectivity index (χ4n) is 2.49. The summed E-state index contributed by atoms with van der Waals surface area (Å²) in [4.78, 5) is 23.5. The zero-order valence-electron chi connectivity index (χ0n) is 12.9. The first-order valence-corrected chi connectivity index (χ1v) is 8.88. The van der Waals surface area contributed by atoms with Gasteiger partial charge < -0.3 is 0 Å². The predicted molar refractivity (Wildman–Crippen MR) is 95.6 cm³/mol. The van der Waals surface area contributed by atoms with Crippen molar-refractivity contribution in [2.45, 2.75) is 17.0 Å². The lowest BCUT2D eigenvalue weighted by atomic mass is 10.1. The maximum Gasteiger partial charge on any atom is 0.284 e. The largest absolute Gasteiger partial charge is 0.295 e. The van der Waals surface area contributed by atoms with Crippen molar-refractivity contribution in [2.24, 2.45) is 0 Å². The number of ketones is 1. The fourth-order valence-corrected chi connectivity index (χ4v) is 4.44. The number of benzene rings is 2. The van der Waals surface area contributed by atoms with E-state index in [1.165, 1.54) is 24.3 Å². The third kappa shape index (κ3) is 2.67. The van der Waals surface area contributed by atoms with E-state index in [4.69, 9.17) is 0 Å². The lowest BCUT2D eigenvalue weighted by Crippen LogP contribution is -1.97. The van der Waals surface area contributed by atoms with Crippen LogP contribution in [-0.4, -0.2) is 25.3 Å². The Hall–Kier alpha value is -2.78. The fraction of sp³-hybridized carbons (Fsp3) is 0.0625. The zero-order chi connectivity index (χ0) is 17.6. The van der Waals surface area contributed by atoms with Crippen molar-refractivity contribution in [2.75, 3.05) is 0 Å². The molecule has 124 valence electrons. The van der Waals surface area contributed by atoms with Crippen LogP contribution < -0.4 is 0 Å². The van der Waals surface area contributed by atoms with Gasteiger partial charge in [-0.1, -0.05) is 23.5 Å². The van der Waals surface area contributed by atoms with Gasteiger partial charge in [-0.15, -0.1) is 10.2 Å². The highest BCUT2D eigenvalue weighted by atomic mass is 32.2. The molecule has 0 aliphatic carbocycles. The molecule has 0 N–H and O–H groups in total. The molecule has 0 radical (unpaired) electrons. The van der Waals surface area contributed by atoms with Gasteiger partial charge in [0, 0.05) is 11.6 Å². The summed E-state index contributed by atoms with van der Waals surface area (Å²) in [5.74, 6) is -0.214. The Morgan fingerprint density at radius 3 is 2.80 bits per heavy atom. The Kier molecular flexibility index (Phi) is 3.74. The van der Waals surface area contributed by atoms with E-state index in [9.17, 15) is 14.9 Å². The Balaban J connectivity index is 1.84. The van der Waals surface area contributed by atoms with Crippen LogP contribution in [0.4, 0.5) is 5.69 Å². The maximum absolute atomic E-state index is 11.5. The molecule has 0 aliphatic rings. The summed E-state index contributed by atoms with van der Waals surface area (Å²) in [6, 6.07) is 12.3. The molecule has 9 heteroatoms. The second-order valence-electron chi connectivity index (χ2n) is 5.27. The highest BCUT2D eigenvalue weighted by Crippen LogP contribution is 2.37. The first-order valence-electron chi connectivity index (χ1n) is 7.24. The molecule has 0 bridgehead atoms. The summed E-state index contributed by atoms with van der Waals surface area (Å²) in [6.45, 7) is 1.38. The van der Waals surface area contributed by atoms with Crippen LogP contribution in [0.3, 0.4) is 0 Å². The Labute approximate surface area is 149 Å². The van der Waals surface area contributed by atoms with Crippen LogP contribution in [0.5, 0.6) is 0 Å². The summed E-state index contributed by atoms with van der Waals surface area (Å²) in [7, 11) is 0. The molecule has 0 saturated carbocycles.